The molecule has 1 N–H and O–H groups in total. The van der Waals surface area contributed by atoms with Crippen LogP contribution in [0.15, 0.2) is 57.9 Å². The highest BCUT2D eigenvalue weighted by molar-refractivity contribution is 9.10. The van der Waals surface area contributed by atoms with Gasteiger partial charge in [0.25, 0.3) is 0 Å². The molecule has 1 atom stereocenters. The Labute approximate surface area is 138 Å². The van der Waals surface area contributed by atoms with Crippen LogP contribution in [0.4, 0.5) is 0 Å². The lowest BCUT2D eigenvalue weighted by Gasteiger charge is -2.25. The van der Waals surface area contributed by atoms with E-state index >= 15 is 0 Å². The van der Waals surface area contributed by atoms with Gasteiger partial charge in [0.15, 0.2) is 0 Å². The number of rotatable bonds is 4. The Bertz CT molecular complexity index is 776. The summed E-state index contributed by atoms with van der Waals surface area (Å²) in [6, 6.07) is 14.5. The average Bonchev–Trinajstić information content (AvgIpc) is 2.53. The molecular formula is C16H16BrNO3S. The Balaban J connectivity index is 1.66. The second-order valence-corrected chi connectivity index (χ2v) is 7.98. The number of benzene rings is 2. The van der Waals surface area contributed by atoms with E-state index in [0.29, 0.717) is 13.2 Å². The van der Waals surface area contributed by atoms with Gasteiger partial charge in [0, 0.05) is 16.9 Å². The zero-order valence-electron chi connectivity index (χ0n) is 11.8. The molecule has 1 aliphatic heterocycles. The van der Waals surface area contributed by atoms with Crippen LogP contribution >= 0.6 is 15.9 Å². The van der Waals surface area contributed by atoms with Crippen molar-refractivity contribution in [3.8, 4) is 5.75 Å². The second-order valence-electron chi connectivity index (χ2n) is 5.30. The third kappa shape index (κ3) is 3.51. The van der Waals surface area contributed by atoms with Gasteiger partial charge in [-0.3, -0.25) is 0 Å². The summed E-state index contributed by atoms with van der Waals surface area (Å²) in [5.41, 5.74) is 1.13. The fraction of sp³-hybridized carbons (Fsp3) is 0.250. The fourth-order valence-electron chi connectivity index (χ4n) is 2.47. The van der Waals surface area contributed by atoms with E-state index in [1.165, 1.54) is 0 Å². The summed E-state index contributed by atoms with van der Waals surface area (Å²) in [5, 5.41) is 0. The van der Waals surface area contributed by atoms with Crippen molar-refractivity contribution in [1.82, 2.24) is 4.72 Å². The highest BCUT2D eigenvalue weighted by Crippen LogP contribution is 2.26. The Morgan fingerprint density at radius 1 is 1.18 bits per heavy atom. The van der Waals surface area contributed by atoms with Crippen LogP contribution in [0.25, 0.3) is 0 Å². The van der Waals surface area contributed by atoms with Gasteiger partial charge in [0.1, 0.15) is 5.75 Å². The van der Waals surface area contributed by atoms with Gasteiger partial charge in [0.05, 0.1) is 11.5 Å². The van der Waals surface area contributed by atoms with Crippen LogP contribution in [0.3, 0.4) is 0 Å². The van der Waals surface area contributed by atoms with Gasteiger partial charge >= 0.3 is 0 Å². The minimum absolute atomic E-state index is 0.136. The van der Waals surface area contributed by atoms with Crippen molar-refractivity contribution in [2.24, 2.45) is 5.92 Å². The largest absolute Gasteiger partial charge is 0.493 e. The van der Waals surface area contributed by atoms with Crippen molar-refractivity contribution in [1.29, 1.82) is 0 Å². The Kier molecular flexibility index (Phi) is 4.52. The summed E-state index contributed by atoms with van der Waals surface area (Å²) >= 11 is 3.29. The number of para-hydroxylation sites is 1. The first-order valence-corrected chi connectivity index (χ1v) is 9.28. The molecule has 0 saturated heterocycles. The molecule has 2 aromatic rings. The first-order chi connectivity index (χ1) is 10.5. The number of halogens is 1. The summed E-state index contributed by atoms with van der Waals surface area (Å²) < 4.78 is 33.7. The van der Waals surface area contributed by atoms with Gasteiger partial charge < -0.3 is 4.74 Å². The van der Waals surface area contributed by atoms with E-state index in [0.717, 1.165) is 22.2 Å². The minimum Gasteiger partial charge on any atom is -0.493 e. The zero-order chi connectivity index (χ0) is 15.6. The van der Waals surface area contributed by atoms with Crippen molar-refractivity contribution in [2.45, 2.75) is 11.3 Å². The molecule has 0 amide bonds. The predicted octanol–water partition coefficient (Wildman–Crippen LogP) is 2.98. The van der Waals surface area contributed by atoms with Crippen molar-refractivity contribution in [3.05, 3.63) is 58.6 Å². The van der Waals surface area contributed by atoms with Gasteiger partial charge in [-0.05, 0) is 36.2 Å². The number of hydrogen-bond acceptors (Lipinski definition) is 3. The van der Waals surface area contributed by atoms with Crippen LogP contribution in [-0.2, 0) is 16.4 Å². The lowest BCUT2D eigenvalue weighted by Crippen LogP contribution is -2.34. The number of sulfonamides is 1. The van der Waals surface area contributed by atoms with Gasteiger partial charge in [-0.1, -0.05) is 40.2 Å². The quantitative estimate of drug-likeness (QED) is 0.885. The van der Waals surface area contributed by atoms with E-state index in [4.69, 9.17) is 4.74 Å². The Hall–Kier alpha value is -1.37. The first kappa shape index (κ1) is 15.5. The Morgan fingerprint density at radius 2 is 2.00 bits per heavy atom. The molecule has 4 nitrogen and oxygen atoms in total. The first-order valence-electron chi connectivity index (χ1n) is 7.00. The molecule has 116 valence electrons. The lowest BCUT2D eigenvalue weighted by atomic mass is 9.97. The maximum Gasteiger partial charge on any atom is 0.240 e. The van der Waals surface area contributed by atoms with E-state index in [2.05, 4.69) is 20.7 Å². The van der Waals surface area contributed by atoms with Crippen LogP contribution in [0, 0.1) is 5.92 Å². The molecule has 1 unspecified atom stereocenters. The summed E-state index contributed by atoms with van der Waals surface area (Å²) in [7, 11) is -3.50. The van der Waals surface area contributed by atoms with Crippen molar-refractivity contribution in [2.75, 3.05) is 13.2 Å². The standard InChI is InChI=1S/C16H16BrNO3S/c17-14-5-3-6-15(9-14)22(19,20)18-10-12-8-13-4-1-2-7-16(13)21-11-12/h1-7,9,12,18H,8,10-11H2. The van der Waals surface area contributed by atoms with Crippen LogP contribution in [0.1, 0.15) is 5.56 Å². The molecule has 0 radical (unpaired) electrons. The van der Waals surface area contributed by atoms with E-state index in [1.54, 1.807) is 24.3 Å². The minimum atomic E-state index is -3.50. The van der Waals surface area contributed by atoms with E-state index < -0.39 is 10.0 Å². The van der Waals surface area contributed by atoms with Crippen LogP contribution in [0.5, 0.6) is 5.75 Å². The van der Waals surface area contributed by atoms with Crippen molar-refractivity contribution in [3.63, 3.8) is 0 Å². The molecular weight excluding hydrogens is 366 g/mol. The molecule has 2 aromatic carbocycles. The molecule has 6 heteroatoms. The molecule has 1 aliphatic rings. The molecule has 3 rings (SSSR count). The highest BCUT2D eigenvalue weighted by atomic mass is 79.9. The van der Waals surface area contributed by atoms with E-state index in [-0.39, 0.29) is 10.8 Å². The van der Waals surface area contributed by atoms with E-state index in [1.807, 2.05) is 24.3 Å². The van der Waals surface area contributed by atoms with Crippen LogP contribution < -0.4 is 9.46 Å². The topological polar surface area (TPSA) is 55.4 Å². The molecule has 0 aromatic heterocycles. The molecule has 0 bridgehead atoms. The Morgan fingerprint density at radius 3 is 2.82 bits per heavy atom. The van der Waals surface area contributed by atoms with Gasteiger partial charge in [-0.2, -0.15) is 0 Å². The SMILES string of the molecule is O=S(=O)(NCC1COc2ccccc2C1)c1cccc(Br)c1. The molecule has 0 aliphatic carbocycles. The van der Waals surface area contributed by atoms with Gasteiger partial charge in [-0.15, -0.1) is 0 Å². The maximum atomic E-state index is 12.3. The zero-order valence-corrected chi connectivity index (χ0v) is 14.2. The summed E-state index contributed by atoms with van der Waals surface area (Å²) in [6.07, 6.45) is 0.817. The molecule has 0 saturated carbocycles. The summed E-state index contributed by atoms with van der Waals surface area (Å²) in [5.74, 6) is 1.03. The third-order valence-corrected chi connectivity index (χ3v) is 5.54. The smallest absolute Gasteiger partial charge is 0.240 e. The predicted molar refractivity (Wildman–Crippen MR) is 88.5 cm³/mol. The monoisotopic (exact) mass is 381 g/mol. The average molecular weight is 382 g/mol. The second kappa shape index (κ2) is 6.40. The number of fused-ring (bicyclic) bond motifs is 1. The number of hydrogen-bond donors (Lipinski definition) is 1. The van der Waals surface area contributed by atoms with Crippen LogP contribution in [-0.4, -0.2) is 21.6 Å². The van der Waals surface area contributed by atoms with Crippen molar-refractivity contribution < 1.29 is 13.2 Å². The maximum absolute atomic E-state index is 12.3. The summed E-state index contributed by atoms with van der Waals surface area (Å²) in [4.78, 5) is 0.263. The molecule has 1 heterocycles. The molecule has 0 fully saturated rings. The van der Waals surface area contributed by atoms with Gasteiger partial charge in [0.2, 0.25) is 10.0 Å². The highest BCUT2D eigenvalue weighted by Gasteiger charge is 2.22. The van der Waals surface area contributed by atoms with Crippen LogP contribution in [0.2, 0.25) is 0 Å². The molecule has 22 heavy (non-hydrogen) atoms. The third-order valence-electron chi connectivity index (χ3n) is 3.62. The lowest BCUT2D eigenvalue weighted by molar-refractivity contribution is 0.223. The van der Waals surface area contributed by atoms with Crippen molar-refractivity contribution >= 4 is 26.0 Å². The normalized spacial score (nSPS) is 17.6. The van der Waals surface area contributed by atoms with E-state index in [9.17, 15) is 8.42 Å². The number of nitrogens with one attached hydrogen (secondary N) is 1. The molecule has 0 spiro atoms. The van der Waals surface area contributed by atoms with Gasteiger partial charge in [-0.25, -0.2) is 13.1 Å². The fourth-order valence-corrected chi connectivity index (χ4v) is 4.18. The number of ether oxygens (including phenoxy) is 1. The summed E-state index contributed by atoms with van der Waals surface area (Å²) in [6.45, 7) is 0.890.